The number of carboxylic acids is 1. The van der Waals surface area contributed by atoms with E-state index in [0.29, 0.717) is 6.54 Å². The summed E-state index contributed by atoms with van der Waals surface area (Å²) in [5.41, 5.74) is -0.629. The molecule has 1 rings (SSSR count). The van der Waals surface area contributed by atoms with Gasteiger partial charge in [-0.15, -0.1) is 0 Å². The first-order chi connectivity index (χ1) is 9.32. The number of hydrogen-bond acceptors (Lipinski definition) is 3. The largest absolute Gasteiger partial charge is 0.478 e. The number of benzene rings is 1. The van der Waals surface area contributed by atoms with Gasteiger partial charge in [0.2, 0.25) is 0 Å². The lowest BCUT2D eigenvalue weighted by Crippen LogP contribution is -2.40. The molecule has 2 amide bonds. The van der Waals surface area contributed by atoms with Crippen LogP contribution >= 0.6 is 0 Å². The molecule has 0 fully saturated rings. The second-order valence-electron chi connectivity index (χ2n) is 4.62. The van der Waals surface area contributed by atoms with Crippen LogP contribution in [0.15, 0.2) is 18.2 Å². The molecule has 0 radical (unpaired) electrons. The Morgan fingerprint density at radius 1 is 1.40 bits per heavy atom. The molecule has 110 valence electrons. The number of aromatic carboxylic acids is 1. The number of halogens is 1. The molecule has 1 aromatic carbocycles. The first kappa shape index (κ1) is 15.9. The van der Waals surface area contributed by atoms with Gasteiger partial charge in [0.1, 0.15) is 11.4 Å². The van der Waals surface area contributed by atoms with Crippen LogP contribution < -0.4 is 10.6 Å². The topological polar surface area (TPSA) is 81.7 Å². The van der Waals surface area contributed by atoms with Crippen LogP contribution in [0.2, 0.25) is 0 Å². The fourth-order valence-electron chi connectivity index (χ4n) is 1.44. The van der Waals surface area contributed by atoms with Crippen LogP contribution in [0.5, 0.6) is 0 Å². The van der Waals surface area contributed by atoms with Crippen molar-refractivity contribution < 1.29 is 19.1 Å². The fourth-order valence-corrected chi connectivity index (χ4v) is 1.44. The van der Waals surface area contributed by atoms with Crippen molar-refractivity contribution in [3.8, 4) is 0 Å². The molecule has 3 N–H and O–H groups in total. The van der Waals surface area contributed by atoms with Crippen molar-refractivity contribution in [1.29, 1.82) is 0 Å². The molecular formula is C13H18FN3O3. The van der Waals surface area contributed by atoms with E-state index in [-0.39, 0.29) is 11.7 Å². The maximum Gasteiger partial charge on any atom is 0.340 e. The molecule has 6 nitrogen and oxygen atoms in total. The number of amides is 2. The van der Waals surface area contributed by atoms with E-state index >= 15 is 0 Å². The summed E-state index contributed by atoms with van der Waals surface area (Å²) >= 11 is 0. The average Bonchev–Trinajstić information content (AvgIpc) is 2.35. The molecule has 1 unspecified atom stereocenters. The lowest BCUT2D eigenvalue weighted by Gasteiger charge is -2.20. The van der Waals surface area contributed by atoms with Crippen LogP contribution in [0, 0.1) is 5.82 Å². The van der Waals surface area contributed by atoms with Gasteiger partial charge in [-0.1, -0.05) is 6.07 Å². The summed E-state index contributed by atoms with van der Waals surface area (Å²) in [7, 11) is 3.75. The number of rotatable bonds is 5. The van der Waals surface area contributed by atoms with Crippen molar-refractivity contribution in [1.82, 2.24) is 10.2 Å². The summed E-state index contributed by atoms with van der Waals surface area (Å²) < 4.78 is 13.4. The van der Waals surface area contributed by atoms with Gasteiger partial charge in [0.05, 0.1) is 5.69 Å². The summed E-state index contributed by atoms with van der Waals surface area (Å²) in [4.78, 5) is 24.6. The number of urea groups is 1. The first-order valence-corrected chi connectivity index (χ1v) is 6.06. The van der Waals surface area contributed by atoms with E-state index in [0.717, 1.165) is 6.07 Å². The monoisotopic (exact) mass is 283 g/mol. The van der Waals surface area contributed by atoms with Gasteiger partial charge in [0, 0.05) is 12.6 Å². The van der Waals surface area contributed by atoms with Gasteiger partial charge in [0.15, 0.2) is 0 Å². The molecule has 1 atom stereocenters. The third-order valence-corrected chi connectivity index (χ3v) is 2.92. The van der Waals surface area contributed by atoms with E-state index < -0.39 is 23.4 Å². The van der Waals surface area contributed by atoms with E-state index in [2.05, 4.69) is 10.6 Å². The third-order valence-electron chi connectivity index (χ3n) is 2.92. The molecule has 0 saturated heterocycles. The Hall–Kier alpha value is -2.15. The normalized spacial score (nSPS) is 12.1. The van der Waals surface area contributed by atoms with Crippen molar-refractivity contribution in [2.75, 3.05) is 26.0 Å². The van der Waals surface area contributed by atoms with Crippen LogP contribution in [-0.2, 0) is 0 Å². The minimum absolute atomic E-state index is 0.0764. The minimum Gasteiger partial charge on any atom is -0.478 e. The van der Waals surface area contributed by atoms with Crippen LogP contribution in [0.4, 0.5) is 14.9 Å². The van der Waals surface area contributed by atoms with Crippen LogP contribution in [0.25, 0.3) is 0 Å². The molecule has 0 aliphatic rings. The fraction of sp³-hybridized carbons (Fsp3) is 0.385. The van der Waals surface area contributed by atoms with Crippen LogP contribution in [-0.4, -0.2) is 48.7 Å². The SMILES string of the molecule is CC(CNC(=O)Nc1cccc(F)c1C(=O)O)N(C)C. The van der Waals surface area contributed by atoms with Crippen LogP contribution in [0.3, 0.4) is 0 Å². The Balaban J connectivity index is 2.72. The molecule has 0 spiro atoms. The first-order valence-electron chi connectivity index (χ1n) is 6.06. The summed E-state index contributed by atoms with van der Waals surface area (Å²) in [6.07, 6.45) is 0. The Bertz CT molecular complexity index is 506. The van der Waals surface area contributed by atoms with Gasteiger partial charge in [-0.3, -0.25) is 0 Å². The van der Waals surface area contributed by atoms with Gasteiger partial charge >= 0.3 is 12.0 Å². The quantitative estimate of drug-likeness (QED) is 0.766. The van der Waals surface area contributed by atoms with Crippen molar-refractivity contribution in [2.24, 2.45) is 0 Å². The van der Waals surface area contributed by atoms with Crippen molar-refractivity contribution in [3.63, 3.8) is 0 Å². The highest BCUT2D eigenvalue weighted by Gasteiger charge is 2.17. The molecule has 0 aromatic heterocycles. The standard InChI is InChI=1S/C13H18FN3O3/c1-8(17(2)3)7-15-13(20)16-10-6-4-5-9(14)11(10)12(18)19/h4-6,8H,7H2,1-3H3,(H,18,19)(H2,15,16,20). The third kappa shape index (κ3) is 4.20. The van der Waals surface area contributed by atoms with Crippen LogP contribution in [0.1, 0.15) is 17.3 Å². The molecule has 0 heterocycles. The molecule has 1 aromatic rings. The maximum absolute atomic E-state index is 13.4. The van der Waals surface area contributed by atoms with E-state index in [9.17, 15) is 14.0 Å². The minimum atomic E-state index is -1.43. The summed E-state index contributed by atoms with van der Waals surface area (Å²) in [6, 6.07) is 3.24. The molecule has 0 aliphatic carbocycles. The second-order valence-corrected chi connectivity index (χ2v) is 4.62. The Morgan fingerprint density at radius 2 is 2.05 bits per heavy atom. The predicted octanol–water partition coefficient (Wildman–Crippen LogP) is 1.60. The number of nitrogens with one attached hydrogen (secondary N) is 2. The Kier molecular flexibility index (Phi) is 5.45. The van der Waals surface area contributed by atoms with Gasteiger partial charge in [0.25, 0.3) is 0 Å². The smallest absolute Gasteiger partial charge is 0.340 e. The zero-order valence-electron chi connectivity index (χ0n) is 11.6. The number of hydrogen-bond donors (Lipinski definition) is 3. The molecule has 20 heavy (non-hydrogen) atoms. The van der Waals surface area contributed by atoms with E-state index in [1.807, 2.05) is 25.9 Å². The average molecular weight is 283 g/mol. The highest BCUT2D eigenvalue weighted by atomic mass is 19.1. The molecule has 7 heteroatoms. The number of carboxylic acid groups (broad SMARTS) is 1. The van der Waals surface area contributed by atoms with Gasteiger partial charge in [-0.05, 0) is 33.2 Å². The summed E-state index contributed by atoms with van der Waals surface area (Å²) in [5.74, 6) is -2.32. The molecule has 0 aliphatic heterocycles. The summed E-state index contributed by atoms with van der Waals surface area (Å²) in [6.45, 7) is 2.31. The number of nitrogens with zero attached hydrogens (tertiary/aromatic N) is 1. The van der Waals surface area contributed by atoms with Crippen molar-refractivity contribution >= 4 is 17.7 Å². The molecular weight excluding hydrogens is 265 g/mol. The Labute approximate surface area is 116 Å². The molecule has 0 bridgehead atoms. The highest BCUT2D eigenvalue weighted by Crippen LogP contribution is 2.18. The van der Waals surface area contributed by atoms with E-state index in [1.165, 1.54) is 12.1 Å². The van der Waals surface area contributed by atoms with E-state index in [4.69, 9.17) is 5.11 Å². The zero-order chi connectivity index (χ0) is 15.3. The number of carbonyl (C=O) groups is 2. The van der Waals surface area contributed by atoms with Crippen molar-refractivity contribution in [2.45, 2.75) is 13.0 Å². The van der Waals surface area contributed by atoms with Gasteiger partial charge < -0.3 is 20.6 Å². The number of anilines is 1. The summed E-state index contributed by atoms with van der Waals surface area (Å²) in [5, 5.41) is 13.9. The maximum atomic E-state index is 13.4. The van der Waals surface area contributed by atoms with Gasteiger partial charge in [-0.25, -0.2) is 14.0 Å². The lowest BCUT2D eigenvalue weighted by molar-refractivity contribution is 0.0693. The van der Waals surface area contributed by atoms with E-state index in [1.54, 1.807) is 0 Å². The number of carbonyl (C=O) groups excluding carboxylic acids is 1. The van der Waals surface area contributed by atoms with Crippen molar-refractivity contribution in [3.05, 3.63) is 29.6 Å². The Morgan fingerprint density at radius 3 is 2.60 bits per heavy atom. The highest BCUT2D eigenvalue weighted by molar-refractivity contribution is 6.00. The van der Waals surface area contributed by atoms with Gasteiger partial charge in [-0.2, -0.15) is 0 Å². The zero-order valence-corrected chi connectivity index (χ0v) is 11.6. The second kappa shape index (κ2) is 6.85. The number of likely N-dealkylation sites (N-methyl/N-ethyl adjacent to an activating group) is 1. The lowest BCUT2D eigenvalue weighted by atomic mass is 10.1. The molecule has 0 saturated carbocycles. The predicted molar refractivity (Wildman–Crippen MR) is 73.5 cm³/mol.